The molecule has 25 heavy (non-hydrogen) atoms. The van der Waals surface area contributed by atoms with Crippen LogP contribution in [0.4, 0.5) is 0 Å². The molecule has 0 bridgehead atoms. The van der Waals surface area contributed by atoms with E-state index in [1.54, 1.807) is 17.3 Å². The highest BCUT2D eigenvalue weighted by Crippen LogP contribution is 2.22. The molecule has 1 aromatic heterocycles. The lowest BCUT2D eigenvalue weighted by Gasteiger charge is -2.38. The molecule has 1 aliphatic heterocycles. The minimum Gasteiger partial charge on any atom is -0.379 e. The quantitative estimate of drug-likeness (QED) is 0.807. The van der Waals surface area contributed by atoms with Crippen molar-refractivity contribution in [3.05, 3.63) is 66.0 Å². The number of rotatable bonds is 7. The number of hydrogen-bond acceptors (Lipinski definition) is 4. The van der Waals surface area contributed by atoms with Crippen molar-refractivity contribution in [2.45, 2.75) is 31.4 Å². The first-order chi connectivity index (χ1) is 12.2. The maximum absolute atomic E-state index is 12.7. The van der Waals surface area contributed by atoms with Gasteiger partial charge in [-0.1, -0.05) is 30.3 Å². The van der Waals surface area contributed by atoms with Crippen molar-refractivity contribution < 1.29 is 9.90 Å². The second kappa shape index (κ2) is 8.23. The van der Waals surface area contributed by atoms with E-state index >= 15 is 0 Å². The monoisotopic (exact) mass is 339 g/mol. The molecule has 2 N–H and O–H groups in total. The first-order valence-corrected chi connectivity index (χ1v) is 8.83. The number of piperidine rings is 1. The van der Waals surface area contributed by atoms with E-state index in [9.17, 15) is 9.90 Å². The summed E-state index contributed by atoms with van der Waals surface area (Å²) in [5, 5.41) is 14.0. The minimum absolute atomic E-state index is 0.156. The number of hydrogen-bond donors (Lipinski definition) is 2. The number of nitrogens with one attached hydrogen (secondary N) is 1. The molecular formula is C20H25N3O2. The Morgan fingerprint density at radius 2 is 1.88 bits per heavy atom. The fraction of sp³-hybridized carbons (Fsp3) is 0.400. The maximum atomic E-state index is 12.7. The van der Waals surface area contributed by atoms with E-state index in [-0.39, 0.29) is 12.5 Å². The van der Waals surface area contributed by atoms with Crippen molar-refractivity contribution in [3.63, 3.8) is 0 Å². The highest BCUT2D eigenvalue weighted by molar-refractivity contribution is 5.86. The molecule has 1 aliphatic rings. The average Bonchev–Trinajstić information content (AvgIpc) is 2.65. The van der Waals surface area contributed by atoms with Crippen molar-refractivity contribution >= 4 is 5.91 Å². The smallest absolute Gasteiger partial charge is 0.255 e. The molecule has 0 aliphatic carbocycles. The average molecular weight is 339 g/mol. The summed E-state index contributed by atoms with van der Waals surface area (Å²) >= 11 is 0. The molecule has 0 saturated carbocycles. The summed E-state index contributed by atoms with van der Waals surface area (Å²) in [6.07, 6.45) is 5.63. The van der Waals surface area contributed by atoms with E-state index in [4.69, 9.17) is 0 Å². The Labute approximate surface area is 148 Å². The van der Waals surface area contributed by atoms with E-state index in [2.05, 4.69) is 22.4 Å². The molecule has 132 valence electrons. The predicted molar refractivity (Wildman–Crippen MR) is 96.9 cm³/mol. The van der Waals surface area contributed by atoms with Crippen LogP contribution in [0, 0.1) is 0 Å². The van der Waals surface area contributed by atoms with Crippen LogP contribution in [0.5, 0.6) is 0 Å². The zero-order valence-corrected chi connectivity index (χ0v) is 14.4. The Balaban J connectivity index is 1.53. The van der Waals surface area contributed by atoms with Gasteiger partial charge in [-0.25, -0.2) is 0 Å². The fourth-order valence-corrected chi connectivity index (χ4v) is 3.27. The number of benzene rings is 1. The van der Waals surface area contributed by atoms with Crippen LogP contribution in [-0.2, 0) is 17.8 Å². The van der Waals surface area contributed by atoms with Crippen molar-refractivity contribution in [1.82, 2.24) is 15.2 Å². The number of carbonyl (C=O) groups is 1. The molecule has 5 nitrogen and oxygen atoms in total. The lowest BCUT2D eigenvalue weighted by atomic mass is 9.91. The van der Waals surface area contributed by atoms with Gasteiger partial charge in [0.05, 0.1) is 0 Å². The molecule has 1 atom stereocenters. The van der Waals surface area contributed by atoms with Crippen molar-refractivity contribution in [1.29, 1.82) is 0 Å². The Kier molecular flexibility index (Phi) is 5.79. The third kappa shape index (κ3) is 4.65. The van der Waals surface area contributed by atoms with Gasteiger partial charge >= 0.3 is 0 Å². The number of aliphatic hydroxyl groups is 1. The summed E-state index contributed by atoms with van der Waals surface area (Å²) in [4.78, 5) is 18.5. The zero-order valence-electron chi connectivity index (χ0n) is 14.4. The normalized spacial score (nSPS) is 20.7. The number of likely N-dealkylation sites (tertiary alicyclic amines) is 1. The topological polar surface area (TPSA) is 65.5 Å². The van der Waals surface area contributed by atoms with Crippen molar-refractivity contribution in [3.8, 4) is 0 Å². The Morgan fingerprint density at radius 1 is 1.12 bits per heavy atom. The van der Waals surface area contributed by atoms with Gasteiger partial charge in [-0.3, -0.25) is 9.78 Å². The lowest BCUT2D eigenvalue weighted by Crippen LogP contribution is -2.58. The molecule has 5 heteroatoms. The predicted octanol–water partition coefficient (Wildman–Crippen LogP) is 1.77. The number of carbonyl (C=O) groups excluding carboxylic acids is 1. The van der Waals surface area contributed by atoms with Gasteiger partial charge in [0, 0.05) is 38.6 Å². The molecule has 1 saturated heterocycles. The standard InChI is InChI=1S/C20H25N3O2/c24-19-20(25,16-22-15-18-7-11-21-12-8-18)10-4-13-23(19)14-9-17-5-2-1-3-6-17/h1-3,5-8,11-12,22,25H,4,9-10,13-16H2/t20-/m1/s1. The summed E-state index contributed by atoms with van der Waals surface area (Å²) in [6, 6.07) is 14.0. The molecule has 0 unspecified atom stereocenters. The highest BCUT2D eigenvalue weighted by Gasteiger charge is 2.41. The zero-order chi connectivity index (χ0) is 17.5. The SMILES string of the molecule is O=C1N(CCc2ccccc2)CCC[C@@]1(O)CNCc1ccncc1. The summed E-state index contributed by atoms with van der Waals surface area (Å²) in [5.41, 5.74) is 0.991. The van der Waals surface area contributed by atoms with Crippen LogP contribution in [0.2, 0.25) is 0 Å². The van der Waals surface area contributed by atoms with Crippen molar-refractivity contribution in [2.24, 2.45) is 0 Å². The second-order valence-electron chi connectivity index (χ2n) is 6.62. The Hall–Kier alpha value is -2.24. The molecule has 0 spiro atoms. The summed E-state index contributed by atoms with van der Waals surface area (Å²) in [7, 11) is 0. The number of pyridine rings is 1. The van der Waals surface area contributed by atoms with Gasteiger partial charge in [0.1, 0.15) is 0 Å². The van der Waals surface area contributed by atoms with Gasteiger partial charge in [-0.15, -0.1) is 0 Å². The Bertz CT molecular complexity index is 678. The summed E-state index contributed by atoms with van der Waals surface area (Å²) < 4.78 is 0. The van der Waals surface area contributed by atoms with E-state index in [1.165, 1.54) is 5.56 Å². The van der Waals surface area contributed by atoms with Gasteiger partial charge in [0.25, 0.3) is 5.91 Å². The van der Waals surface area contributed by atoms with Gasteiger partial charge in [0.2, 0.25) is 0 Å². The lowest BCUT2D eigenvalue weighted by molar-refractivity contribution is -0.156. The van der Waals surface area contributed by atoms with Crippen LogP contribution in [0.25, 0.3) is 0 Å². The molecule has 2 heterocycles. The number of aromatic nitrogens is 1. The molecular weight excluding hydrogens is 314 g/mol. The molecule has 1 aromatic carbocycles. The molecule has 2 aromatic rings. The van der Waals surface area contributed by atoms with E-state index in [0.29, 0.717) is 19.5 Å². The van der Waals surface area contributed by atoms with Crippen LogP contribution >= 0.6 is 0 Å². The molecule has 1 amide bonds. The second-order valence-corrected chi connectivity index (χ2v) is 6.62. The van der Waals surface area contributed by atoms with Gasteiger partial charge < -0.3 is 15.3 Å². The Morgan fingerprint density at radius 3 is 2.64 bits per heavy atom. The molecule has 1 fully saturated rings. The van der Waals surface area contributed by atoms with E-state index in [0.717, 1.165) is 24.9 Å². The first-order valence-electron chi connectivity index (χ1n) is 8.83. The van der Waals surface area contributed by atoms with E-state index in [1.807, 2.05) is 30.3 Å². The van der Waals surface area contributed by atoms with Crippen LogP contribution in [0.15, 0.2) is 54.9 Å². The fourth-order valence-electron chi connectivity index (χ4n) is 3.27. The van der Waals surface area contributed by atoms with Crippen LogP contribution in [0.3, 0.4) is 0 Å². The summed E-state index contributed by atoms with van der Waals surface area (Å²) in [6.45, 7) is 2.26. The van der Waals surface area contributed by atoms with Crippen LogP contribution in [-0.4, -0.2) is 46.1 Å². The third-order valence-corrected chi connectivity index (χ3v) is 4.71. The first kappa shape index (κ1) is 17.6. The van der Waals surface area contributed by atoms with Crippen molar-refractivity contribution in [2.75, 3.05) is 19.6 Å². The molecule has 0 radical (unpaired) electrons. The number of amides is 1. The third-order valence-electron chi connectivity index (χ3n) is 4.71. The van der Waals surface area contributed by atoms with Gasteiger partial charge in [-0.2, -0.15) is 0 Å². The van der Waals surface area contributed by atoms with Crippen LogP contribution < -0.4 is 5.32 Å². The molecule has 3 rings (SSSR count). The maximum Gasteiger partial charge on any atom is 0.255 e. The summed E-state index contributed by atoms with van der Waals surface area (Å²) in [5.74, 6) is -0.156. The van der Waals surface area contributed by atoms with Crippen LogP contribution in [0.1, 0.15) is 24.0 Å². The van der Waals surface area contributed by atoms with E-state index < -0.39 is 5.60 Å². The van der Waals surface area contributed by atoms with Gasteiger partial charge in [0.15, 0.2) is 5.60 Å². The largest absolute Gasteiger partial charge is 0.379 e. The minimum atomic E-state index is -1.30. The van der Waals surface area contributed by atoms with Gasteiger partial charge in [-0.05, 0) is 42.5 Å². The number of nitrogens with zero attached hydrogens (tertiary/aromatic N) is 2. The highest BCUT2D eigenvalue weighted by atomic mass is 16.3.